The molecule has 0 amide bonds. The molecule has 14 nitrogen and oxygen atoms in total. The highest BCUT2D eigenvalue weighted by molar-refractivity contribution is 7.47. The summed E-state index contributed by atoms with van der Waals surface area (Å²) in [6, 6.07) is 0. The fraction of sp³-hybridized carbons (Fsp3) is 0.787. The first-order valence-corrected chi connectivity index (χ1v) is 26.9. The molecule has 16 heteroatoms. The first-order chi connectivity index (χ1) is 30.2. The molecule has 0 fully saturated rings. The van der Waals surface area contributed by atoms with Gasteiger partial charge in [0, 0.05) is 12.8 Å². The maximum Gasteiger partial charge on any atom is 0.472 e. The summed E-state index contributed by atoms with van der Waals surface area (Å²) >= 11 is 0. The first kappa shape index (κ1) is 61.0. The minimum atomic E-state index is -4.88. The Balaban J connectivity index is 4.58. The van der Waals surface area contributed by atoms with Gasteiger partial charge >= 0.3 is 27.6 Å². The van der Waals surface area contributed by atoms with Crippen LogP contribution in [0.5, 0.6) is 0 Å². The summed E-state index contributed by atoms with van der Waals surface area (Å²) < 4.78 is 47.8. The maximum absolute atomic E-state index is 12.7. The van der Waals surface area contributed by atoms with E-state index in [-0.39, 0.29) is 12.8 Å². The number of hydrogen-bond donors (Lipinski definition) is 5. The molecule has 368 valence electrons. The number of ether oxygens (including phenoxy) is 2. The van der Waals surface area contributed by atoms with Crippen molar-refractivity contribution in [1.29, 1.82) is 0 Å². The van der Waals surface area contributed by atoms with Crippen molar-refractivity contribution in [2.45, 2.75) is 206 Å². The van der Waals surface area contributed by atoms with Crippen LogP contribution in [-0.2, 0) is 41.8 Å². The highest BCUT2D eigenvalue weighted by atomic mass is 31.2. The lowest BCUT2D eigenvalue weighted by Crippen LogP contribution is -2.30. The molecule has 2 unspecified atom stereocenters. The van der Waals surface area contributed by atoms with Gasteiger partial charge in [-0.05, 0) is 44.4 Å². The Bertz CT molecular complexity index is 1330. The van der Waals surface area contributed by atoms with Crippen molar-refractivity contribution in [3.63, 3.8) is 0 Å². The molecule has 0 aliphatic carbocycles. The summed E-state index contributed by atoms with van der Waals surface area (Å²) in [6.07, 6.45) is 38.5. The van der Waals surface area contributed by atoms with E-state index in [2.05, 4.69) is 35.9 Å². The van der Waals surface area contributed by atoms with Gasteiger partial charge in [-0.1, -0.05) is 185 Å². The van der Waals surface area contributed by atoms with Crippen LogP contribution in [0, 0.1) is 5.92 Å². The monoisotopic (exact) mass is 937 g/mol. The van der Waals surface area contributed by atoms with E-state index in [0.29, 0.717) is 19.3 Å². The van der Waals surface area contributed by atoms with Crippen LogP contribution in [0.15, 0.2) is 48.6 Å². The van der Waals surface area contributed by atoms with E-state index in [1.54, 1.807) is 0 Å². The predicted molar refractivity (Wildman–Crippen MR) is 250 cm³/mol. The van der Waals surface area contributed by atoms with Gasteiger partial charge in [0.05, 0.1) is 25.9 Å². The van der Waals surface area contributed by atoms with Crippen molar-refractivity contribution in [2.24, 2.45) is 5.92 Å². The summed E-state index contributed by atoms with van der Waals surface area (Å²) in [6.45, 7) is 3.94. The molecule has 63 heavy (non-hydrogen) atoms. The molecule has 0 radical (unpaired) electrons. The standard InChI is InChI=1S/C47H86O14P2/c1-4-6-28-34-43(48)35-30-25-21-17-13-11-15-18-22-26-31-36-46(50)57-40-45(41-60-63(55,56)59-39-44(49)38-58-62(52,53)54)61-47(51)37-32-27-23-19-14-10-8-7-9-12-16-20-24-29-33-42(3)5-2/h11,13,18,21-22,25,30,35,42-45,48-49H,4-10,12,14-17,19-20,23-24,26-29,31-34,36-41H2,1-3H3,(H,55,56)(H2,52,53,54)/b13-11-,22-18-,25-21-,35-30+/t42?,43-,44+,45-/m1/s1. The second kappa shape index (κ2) is 41.5. The van der Waals surface area contributed by atoms with E-state index in [4.69, 9.17) is 23.8 Å². The number of aliphatic hydroxyl groups is 2. The van der Waals surface area contributed by atoms with Gasteiger partial charge in [0.25, 0.3) is 0 Å². The van der Waals surface area contributed by atoms with Crippen molar-refractivity contribution in [2.75, 3.05) is 26.4 Å². The lowest BCUT2D eigenvalue weighted by Gasteiger charge is -2.20. The van der Waals surface area contributed by atoms with Crippen molar-refractivity contribution in [1.82, 2.24) is 0 Å². The Labute approximate surface area is 380 Å². The van der Waals surface area contributed by atoms with Crippen LogP contribution in [0.3, 0.4) is 0 Å². The molecule has 0 saturated heterocycles. The van der Waals surface area contributed by atoms with Crippen LogP contribution in [-0.4, -0.2) is 81.6 Å². The quantitative estimate of drug-likeness (QED) is 0.0126. The summed E-state index contributed by atoms with van der Waals surface area (Å²) in [5.74, 6) is -0.265. The minimum absolute atomic E-state index is 0.0994. The molecular weight excluding hydrogens is 850 g/mol. The van der Waals surface area contributed by atoms with Crippen molar-refractivity contribution in [3.8, 4) is 0 Å². The Hall–Kier alpha value is -1.96. The largest absolute Gasteiger partial charge is 0.472 e. The third kappa shape index (κ3) is 45.0. The van der Waals surface area contributed by atoms with Gasteiger partial charge in [-0.25, -0.2) is 9.13 Å². The average Bonchev–Trinajstić information content (AvgIpc) is 3.24. The third-order valence-electron chi connectivity index (χ3n) is 10.4. The van der Waals surface area contributed by atoms with Crippen LogP contribution < -0.4 is 0 Å². The Morgan fingerprint density at radius 3 is 1.70 bits per heavy atom. The third-order valence-corrected chi connectivity index (χ3v) is 11.8. The number of phosphoric ester groups is 2. The zero-order valence-electron chi connectivity index (χ0n) is 38.9. The van der Waals surface area contributed by atoms with Crippen molar-refractivity contribution in [3.05, 3.63) is 48.6 Å². The van der Waals surface area contributed by atoms with Crippen molar-refractivity contribution >= 4 is 27.6 Å². The number of aliphatic hydroxyl groups excluding tert-OH is 2. The average molecular weight is 937 g/mol. The molecule has 0 rings (SSSR count). The number of allylic oxidation sites excluding steroid dienone is 7. The second-order valence-corrected chi connectivity index (χ2v) is 19.2. The molecule has 0 heterocycles. The van der Waals surface area contributed by atoms with Gasteiger partial charge in [0.1, 0.15) is 12.7 Å². The topological polar surface area (TPSA) is 216 Å². The summed E-state index contributed by atoms with van der Waals surface area (Å²) in [4.78, 5) is 52.8. The number of hydrogen-bond acceptors (Lipinski definition) is 11. The van der Waals surface area contributed by atoms with Gasteiger partial charge in [-0.15, -0.1) is 0 Å². The van der Waals surface area contributed by atoms with Gasteiger partial charge in [-0.3, -0.25) is 23.2 Å². The van der Waals surface area contributed by atoms with Crippen LogP contribution in [0.25, 0.3) is 0 Å². The van der Waals surface area contributed by atoms with Crippen LogP contribution in [0.4, 0.5) is 0 Å². The lowest BCUT2D eigenvalue weighted by atomic mass is 9.99. The fourth-order valence-electron chi connectivity index (χ4n) is 6.31. The number of carbonyl (C=O) groups excluding carboxylic acids is 2. The maximum atomic E-state index is 12.7. The number of phosphoric acid groups is 2. The molecule has 0 spiro atoms. The summed E-state index contributed by atoms with van der Waals surface area (Å²) in [7, 11) is -9.71. The number of esters is 2. The predicted octanol–water partition coefficient (Wildman–Crippen LogP) is 11.4. The highest BCUT2D eigenvalue weighted by Gasteiger charge is 2.28. The van der Waals surface area contributed by atoms with Gasteiger partial charge in [0.2, 0.25) is 0 Å². The van der Waals surface area contributed by atoms with Gasteiger partial charge in [-0.2, -0.15) is 0 Å². The van der Waals surface area contributed by atoms with E-state index in [1.807, 2.05) is 42.5 Å². The molecule has 5 N–H and O–H groups in total. The lowest BCUT2D eigenvalue weighted by molar-refractivity contribution is -0.161. The van der Waals surface area contributed by atoms with E-state index in [0.717, 1.165) is 63.7 Å². The SMILES string of the molecule is CCCCC[C@@H](O)/C=C/C=C\C/C=C\C/C=C\CCCC(=O)OC[C@H](COP(=O)(O)OC[C@@H](O)COP(=O)(O)O)OC(=O)CCCCCCCCCCCCCCCCC(C)CC. The smallest absolute Gasteiger partial charge is 0.462 e. The molecule has 0 aliphatic rings. The zero-order valence-corrected chi connectivity index (χ0v) is 40.7. The minimum Gasteiger partial charge on any atom is -0.462 e. The fourth-order valence-corrected chi connectivity index (χ4v) is 7.47. The molecule has 0 aromatic rings. The van der Waals surface area contributed by atoms with E-state index >= 15 is 0 Å². The van der Waals surface area contributed by atoms with E-state index in [1.165, 1.54) is 77.0 Å². The van der Waals surface area contributed by atoms with Crippen LogP contribution in [0.1, 0.15) is 188 Å². The Morgan fingerprint density at radius 2 is 1.10 bits per heavy atom. The molecular formula is C47H86O14P2. The number of rotatable bonds is 44. The number of unbranched alkanes of at least 4 members (excludes halogenated alkanes) is 16. The van der Waals surface area contributed by atoms with Crippen LogP contribution >= 0.6 is 15.6 Å². The normalized spacial score (nSPS) is 15.4. The molecule has 0 saturated carbocycles. The molecule has 0 aromatic carbocycles. The van der Waals surface area contributed by atoms with Crippen LogP contribution in [0.2, 0.25) is 0 Å². The first-order valence-electron chi connectivity index (χ1n) is 23.8. The van der Waals surface area contributed by atoms with E-state index < -0.39 is 72.3 Å². The number of carbonyl (C=O) groups is 2. The Kier molecular flexibility index (Phi) is 40.2. The second-order valence-electron chi connectivity index (χ2n) is 16.5. The summed E-state index contributed by atoms with van der Waals surface area (Å²) in [5, 5.41) is 19.7. The van der Waals surface area contributed by atoms with Crippen molar-refractivity contribution < 1.29 is 66.7 Å². The van der Waals surface area contributed by atoms with Gasteiger partial charge in [0.15, 0.2) is 6.10 Å². The highest BCUT2D eigenvalue weighted by Crippen LogP contribution is 2.43. The van der Waals surface area contributed by atoms with E-state index in [9.17, 15) is 33.8 Å². The summed E-state index contributed by atoms with van der Waals surface area (Å²) in [5.41, 5.74) is 0. The zero-order chi connectivity index (χ0) is 46.9. The molecule has 0 aliphatic heterocycles. The molecule has 0 aromatic heterocycles. The molecule has 0 bridgehead atoms. The molecule has 5 atom stereocenters. The van der Waals surface area contributed by atoms with Gasteiger partial charge < -0.3 is 34.4 Å². The Morgan fingerprint density at radius 1 is 0.571 bits per heavy atom.